The lowest BCUT2D eigenvalue weighted by atomic mass is 9.68. The molecule has 1 aromatic rings. The topological polar surface area (TPSA) is 66.5 Å². The van der Waals surface area contributed by atoms with Crippen molar-refractivity contribution in [1.29, 1.82) is 0 Å². The number of Topliss-reactive ketones (excluding diaryl/α,β-unsaturated/α-hetero) is 1. The number of carbonyl (C=O) groups is 1. The van der Waals surface area contributed by atoms with Crippen LogP contribution in [0.4, 0.5) is 5.69 Å². The summed E-state index contributed by atoms with van der Waals surface area (Å²) in [4.78, 5) is 15.0. The first kappa shape index (κ1) is 22.3. The largest absolute Gasteiger partial charge is 0.303 e. The molecule has 1 saturated heterocycles. The zero-order chi connectivity index (χ0) is 21.1. The summed E-state index contributed by atoms with van der Waals surface area (Å²) in [5.74, 6) is 1.20. The van der Waals surface area contributed by atoms with Gasteiger partial charge in [-0.1, -0.05) is 45.2 Å². The molecule has 2 atom stereocenters. The molecule has 1 aliphatic carbocycles. The standard InChI is InChI=1S/C23H36N2O3S/c1-18-17-25(14-12-22(26)19-8-5-4-6-9-19)15-13-23(18,2)20-10-7-11-21(16-20)24-29(3,27)28/h7,10-11,16,18-19,24H,4-6,8-9,12-15,17H2,1-3H3. The number of nitrogens with zero attached hydrogens (tertiary/aromatic N) is 1. The molecule has 29 heavy (non-hydrogen) atoms. The third-order valence-electron chi connectivity index (χ3n) is 7.13. The molecule has 0 radical (unpaired) electrons. The van der Waals surface area contributed by atoms with Gasteiger partial charge in [-0.3, -0.25) is 9.52 Å². The fourth-order valence-electron chi connectivity index (χ4n) is 5.00. The van der Waals surface area contributed by atoms with E-state index in [2.05, 4.69) is 29.5 Å². The highest BCUT2D eigenvalue weighted by Crippen LogP contribution is 2.40. The SMILES string of the molecule is CC1CN(CCC(=O)C2CCCCC2)CCC1(C)c1cccc(NS(C)(=O)=O)c1. The molecule has 1 N–H and O–H groups in total. The third kappa shape index (κ3) is 5.82. The van der Waals surface area contributed by atoms with Crippen LogP contribution >= 0.6 is 0 Å². The smallest absolute Gasteiger partial charge is 0.229 e. The van der Waals surface area contributed by atoms with E-state index in [0.717, 1.165) is 38.9 Å². The van der Waals surface area contributed by atoms with Gasteiger partial charge in [-0.25, -0.2) is 8.42 Å². The Labute approximate surface area is 176 Å². The Morgan fingerprint density at radius 1 is 1.24 bits per heavy atom. The predicted octanol–water partition coefficient (Wildman–Crippen LogP) is 4.20. The van der Waals surface area contributed by atoms with E-state index in [1.165, 1.54) is 31.1 Å². The fraction of sp³-hybridized carbons (Fsp3) is 0.696. The van der Waals surface area contributed by atoms with Crippen LogP contribution in [-0.2, 0) is 20.2 Å². The number of piperidine rings is 1. The molecule has 5 nitrogen and oxygen atoms in total. The van der Waals surface area contributed by atoms with Gasteiger partial charge >= 0.3 is 0 Å². The van der Waals surface area contributed by atoms with Crippen LogP contribution in [0.5, 0.6) is 0 Å². The number of hydrogen-bond donors (Lipinski definition) is 1. The minimum Gasteiger partial charge on any atom is -0.303 e. The molecule has 0 aromatic heterocycles. The highest BCUT2D eigenvalue weighted by Gasteiger charge is 2.38. The Balaban J connectivity index is 1.59. The normalized spacial score (nSPS) is 26.9. The first-order valence-electron chi connectivity index (χ1n) is 11.0. The number of hydrogen-bond acceptors (Lipinski definition) is 4. The molecular formula is C23H36N2O3S. The maximum absolute atomic E-state index is 12.5. The van der Waals surface area contributed by atoms with Crippen LogP contribution < -0.4 is 4.72 Å². The van der Waals surface area contributed by atoms with Crippen molar-refractivity contribution < 1.29 is 13.2 Å². The number of benzene rings is 1. The van der Waals surface area contributed by atoms with Crippen LogP contribution in [0.15, 0.2) is 24.3 Å². The Morgan fingerprint density at radius 2 is 1.97 bits per heavy atom. The summed E-state index contributed by atoms with van der Waals surface area (Å²) >= 11 is 0. The van der Waals surface area contributed by atoms with Crippen LogP contribution in [0.25, 0.3) is 0 Å². The first-order valence-corrected chi connectivity index (χ1v) is 12.9. The highest BCUT2D eigenvalue weighted by atomic mass is 32.2. The number of rotatable bonds is 7. The zero-order valence-electron chi connectivity index (χ0n) is 18.1. The molecule has 162 valence electrons. The molecule has 0 amide bonds. The molecule has 0 bridgehead atoms. The lowest BCUT2D eigenvalue weighted by Crippen LogP contribution is -2.47. The molecule has 2 fully saturated rings. The fourth-order valence-corrected chi connectivity index (χ4v) is 5.55. The van der Waals surface area contributed by atoms with Gasteiger partial charge in [-0.15, -0.1) is 0 Å². The van der Waals surface area contributed by atoms with Crippen LogP contribution in [0.3, 0.4) is 0 Å². The van der Waals surface area contributed by atoms with Gasteiger partial charge in [0.05, 0.1) is 6.26 Å². The second-order valence-corrected chi connectivity index (χ2v) is 11.1. The van der Waals surface area contributed by atoms with E-state index in [0.29, 0.717) is 29.7 Å². The number of likely N-dealkylation sites (tertiary alicyclic amines) is 1. The van der Waals surface area contributed by atoms with Crippen molar-refractivity contribution in [2.24, 2.45) is 11.8 Å². The first-order chi connectivity index (χ1) is 13.7. The van der Waals surface area contributed by atoms with Crippen LogP contribution in [0.2, 0.25) is 0 Å². The molecule has 2 aliphatic rings. The van der Waals surface area contributed by atoms with Gasteiger partial charge < -0.3 is 4.90 Å². The maximum Gasteiger partial charge on any atom is 0.229 e. The summed E-state index contributed by atoms with van der Waals surface area (Å²) in [6.45, 7) is 7.36. The summed E-state index contributed by atoms with van der Waals surface area (Å²) in [6.07, 6.45) is 8.75. The molecule has 2 unspecified atom stereocenters. The monoisotopic (exact) mass is 420 g/mol. The summed E-state index contributed by atoms with van der Waals surface area (Å²) in [5.41, 5.74) is 1.80. The summed E-state index contributed by atoms with van der Waals surface area (Å²) in [7, 11) is -3.28. The summed E-state index contributed by atoms with van der Waals surface area (Å²) in [6, 6.07) is 7.80. The number of sulfonamides is 1. The second-order valence-electron chi connectivity index (χ2n) is 9.38. The van der Waals surface area contributed by atoms with Gasteiger partial charge in [0, 0.05) is 31.1 Å². The Kier molecular flexibility index (Phi) is 7.05. The van der Waals surface area contributed by atoms with Crippen molar-refractivity contribution >= 4 is 21.5 Å². The Morgan fingerprint density at radius 3 is 2.62 bits per heavy atom. The van der Waals surface area contributed by atoms with Crippen molar-refractivity contribution in [2.75, 3.05) is 30.6 Å². The van der Waals surface area contributed by atoms with E-state index in [1.807, 2.05) is 12.1 Å². The van der Waals surface area contributed by atoms with Gasteiger partial charge in [-0.2, -0.15) is 0 Å². The molecule has 1 aromatic carbocycles. The number of ketones is 1. The van der Waals surface area contributed by atoms with E-state index in [-0.39, 0.29) is 5.41 Å². The van der Waals surface area contributed by atoms with Crippen LogP contribution in [0.1, 0.15) is 64.4 Å². The van der Waals surface area contributed by atoms with Crippen molar-refractivity contribution in [1.82, 2.24) is 4.90 Å². The average Bonchev–Trinajstić information content (AvgIpc) is 2.68. The molecule has 1 saturated carbocycles. The van der Waals surface area contributed by atoms with Gasteiger partial charge in [0.2, 0.25) is 10.0 Å². The lowest BCUT2D eigenvalue weighted by molar-refractivity contribution is -0.124. The molecular weight excluding hydrogens is 384 g/mol. The van der Waals surface area contributed by atoms with E-state index in [9.17, 15) is 13.2 Å². The zero-order valence-corrected chi connectivity index (χ0v) is 18.9. The third-order valence-corrected chi connectivity index (χ3v) is 7.73. The number of anilines is 1. The Hall–Kier alpha value is -1.40. The van der Waals surface area contributed by atoms with Crippen molar-refractivity contribution in [2.45, 2.75) is 64.2 Å². The van der Waals surface area contributed by atoms with Gasteiger partial charge in [0.25, 0.3) is 0 Å². The van der Waals surface area contributed by atoms with E-state index in [4.69, 9.17) is 0 Å². The second kappa shape index (κ2) is 9.17. The van der Waals surface area contributed by atoms with Crippen molar-refractivity contribution in [3.05, 3.63) is 29.8 Å². The van der Waals surface area contributed by atoms with Crippen LogP contribution in [-0.4, -0.2) is 45.0 Å². The molecule has 1 aliphatic heterocycles. The van der Waals surface area contributed by atoms with Gasteiger partial charge in [0.1, 0.15) is 5.78 Å². The molecule has 0 spiro atoms. The average molecular weight is 421 g/mol. The Bertz CT molecular complexity index is 817. The van der Waals surface area contributed by atoms with Crippen molar-refractivity contribution in [3.63, 3.8) is 0 Å². The quantitative estimate of drug-likeness (QED) is 0.718. The molecule has 3 rings (SSSR count). The number of nitrogens with one attached hydrogen (secondary N) is 1. The highest BCUT2D eigenvalue weighted by molar-refractivity contribution is 7.92. The van der Waals surface area contributed by atoms with Gasteiger partial charge in [-0.05, 0) is 54.8 Å². The minimum atomic E-state index is -3.28. The maximum atomic E-state index is 12.5. The molecule has 6 heteroatoms. The summed E-state index contributed by atoms with van der Waals surface area (Å²) < 4.78 is 25.7. The van der Waals surface area contributed by atoms with Gasteiger partial charge in [0.15, 0.2) is 0 Å². The van der Waals surface area contributed by atoms with Crippen LogP contribution in [0, 0.1) is 11.8 Å². The lowest BCUT2D eigenvalue weighted by Gasteiger charge is -2.45. The predicted molar refractivity (Wildman–Crippen MR) is 119 cm³/mol. The molecule has 1 heterocycles. The van der Waals surface area contributed by atoms with E-state index in [1.54, 1.807) is 6.07 Å². The van der Waals surface area contributed by atoms with E-state index < -0.39 is 10.0 Å². The number of carbonyl (C=O) groups excluding carboxylic acids is 1. The van der Waals surface area contributed by atoms with Crippen molar-refractivity contribution in [3.8, 4) is 0 Å². The summed E-state index contributed by atoms with van der Waals surface area (Å²) in [5, 5.41) is 0. The van der Waals surface area contributed by atoms with E-state index >= 15 is 0 Å². The minimum absolute atomic E-state index is 0.000921.